The Morgan fingerprint density at radius 3 is 2.35 bits per heavy atom. The number of halogens is 2. The molecule has 0 heterocycles. The van der Waals surface area contributed by atoms with Crippen LogP contribution in [-0.2, 0) is 14.8 Å². The number of amides is 1. The normalized spacial score (nSPS) is 16.0. The molecule has 0 atom stereocenters. The Morgan fingerprint density at radius 1 is 1.26 bits per heavy atom. The molecule has 1 aliphatic carbocycles. The van der Waals surface area contributed by atoms with Gasteiger partial charge in [0, 0.05) is 19.0 Å². The van der Waals surface area contributed by atoms with Gasteiger partial charge < -0.3 is 5.32 Å². The van der Waals surface area contributed by atoms with Crippen molar-refractivity contribution in [2.75, 3.05) is 18.1 Å². The van der Waals surface area contributed by atoms with Crippen LogP contribution in [0.15, 0.2) is 18.2 Å². The third-order valence-corrected chi connectivity index (χ3v) is 5.28. The zero-order valence-corrected chi connectivity index (χ0v) is 13.7. The maximum atomic E-state index is 13.5. The highest BCUT2D eigenvalue weighted by molar-refractivity contribution is 7.88. The molecule has 1 amide bonds. The number of sulfonamides is 1. The van der Waals surface area contributed by atoms with E-state index in [4.69, 9.17) is 0 Å². The highest BCUT2D eigenvalue weighted by Gasteiger charge is 2.29. The van der Waals surface area contributed by atoms with E-state index in [1.807, 2.05) is 0 Å². The molecule has 23 heavy (non-hydrogen) atoms. The molecule has 1 aromatic carbocycles. The topological polar surface area (TPSA) is 66.5 Å². The lowest BCUT2D eigenvalue weighted by molar-refractivity contribution is -0.116. The van der Waals surface area contributed by atoms with E-state index in [9.17, 15) is 22.0 Å². The van der Waals surface area contributed by atoms with Crippen molar-refractivity contribution in [3.63, 3.8) is 0 Å². The van der Waals surface area contributed by atoms with Crippen LogP contribution in [0.5, 0.6) is 0 Å². The van der Waals surface area contributed by atoms with Crippen molar-refractivity contribution in [2.24, 2.45) is 0 Å². The summed E-state index contributed by atoms with van der Waals surface area (Å²) in [5, 5.41) is 2.17. The second-order valence-corrected chi connectivity index (χ2v) is 7.64. The number of anilines is 1. The van der Waals surface area contributed by atoms with Gasteiger partial charge in [-0.25, -0.2) is 17.2 Å². The van der Waals surface area contributed by atoms with E-state index in [0.717, 1.165) is 44.1 Å². The first kappa shape index (κ1) is 17.8. The van der Waals surface area contributed by atoms with Crippen LogP contribution in [0.4, 0.5) is 14.5 Å². The van der Waals surface area contributed by atoms with Gasteiger partial charge in [-0.1, -0.05) is 18.9 Å². The number of rotatable bonds is 6. The summed E-state index contributed by atoms with van der Waals surface area (Å²) >= 11 is 0. The van der Waals surface area contributed by atoms with Crippen molar-refractivity contribution in [2.45, 2.75) is 38.1 Å². The number of hydrogen-bond donors (Lipinski definition) is 1. The summed E-state index contributed by atoms with van der Waals surface area (Å²) < 4.78 is 52.0. The lowest BCUT2D eigenvalue weighted by Gasteiger charge is -2.26. The Hall–Kier alpha value is -1.54. The van der Waals surface area contributed by atoms with E-state index in [1.54, 1.807) is 0 Å². The third-order valence-electron chi connectivity index (χ3n) is 3.94. The Bertz CT molecular complexity index is 653. The van der Waals surface area contributed by atoms with E-state index >= 15 is 0 Å². The van der Waals surface area contributed by atoms with Crippen LogP contribution in [0.1, 0.15) is 32.1 Å². The van der Waals surface area contributed by atoms with Gasteiger partial charge in [0.15, 0.2) is 0 Å². The zero-order chi connectivity index (χ0) is 17.0. The van der Waals surface area contributed by atoms with E-state index in [-0.39, 0.29) is 19.0 Å². The summed E-state index contributed by atoms with van der Waals surface area (Å²) in [6.07, 6.45) is 4.43. The first-order valence-corrected chi connectivity index (χ1v) is 9.34. The maximum Gasteiger partial charge on any atom is 0.225 e. The SMILES string of the molecule is CS(=O)(=O)N(CCC(=O)Nc1c(F)cccc1F)C1CCCC1. The molecule has 0 spiro atoms. The molecule has 2 rings (SSSR count). The fourth-order valence-corrected chi connectivity index (χ4v) is 4.02. The van der Waals surface area contributed by atoms with Crippen molar-refractivity contribution in [3.8, 4) is 0 Å². The lowest BCUT2D eigenvalue weighted by Crippen LogP contribution is -2.40. The van der Waals surface area contributed by atoms with Crippen LogP contribution in [-0.4, -0.2) is 37.5 Å². The molecule has 1 fully saturated rings. The molecule has 0 bridgehead atoms. The second kappa shape index (κ2) is 7.35. The Morgan fingerprint density at radius 2 is 1.83 bits per heavy atom. The smallest absolute Gasteiger partial charge is 0.225 e. The standard InChI is InChI=1S/C15H20F2N2O3S/c1-23(21,22)19(11-5-2-3-6-11)10-9-14(20)18-15-12(16)7-4-8-13(15)17/h4,7-8,11H,2-3,5-6,9-10H2,1H3,(H,18,20). The molecular weight excluding hydrogens is 326 g/mol. The molecule has 1 N–H and O–H groups in total. The van der Waals surface area contributed by atoms with Crippen LogP contribution in [0.2, 0.25) is 0 Å². The van der Waals surface area contributed by atoms with E-state index in [1.165, 1.54) is 10.4 Å². The van der Waals surface area contributed by atoms with Crippen LogP contribution >= 0.6 is 0 Å². The van der Waals surface area contributed by atoms with Gasteiger partial charge in [-0.15, -0.1) is 0 Å². The van der Waals surface area contributed by atoms with Crippen molar-refractivity contribution < 1.29 is 22.0 Å². The highest BCUT2D eigenvalue weighted by Crippen LogP contribution is 2.25. The van der Waals surface area contributed by atoms with Crippen LogP contribution < -0.4 is 5.32 Å². The van der Waals surface area contributed by atoms with Crippen molar-refractivity contribution in [1.82, 2.24) is 4.31 Å². The van der Waals surface area contributed by atoms with Gasteiger partial charge in [-0.05, 0) is 25.0 Å². The zero-order valence-electron chi connectivity index (χ0n) is 12.9. The Balaban J connectivity index is 1.99. The summed E-state index contributed by atoms with van der Waals surface area (Å²) in [5.41, 5.74) is -0.510. The van der Waals surface area contributed by atoms with Gasteiger partial charge >= 0.3 is 0 Å². The van der Waals surface area contributed by atoms with E-state index in [0.29, 0.717) is 0 Å². The van der Waals surface area contributed by atoms with Crippen LogP contribution in [0.25, 0.3) is 0 Å². The average Bonchev–Trinajstić information content (AvgIpc) is 2.95. The predicted octanol–water partition coefficient (Wildman–Crippen LogP) is 2.50. The predicted molar refractivity (Wildman–Crippen MR) is 83.4 cm³/mol. The second-order valence-electron chi connectivity index (χ2n) is 5.71. The lowest BCUT2D eigenvalue weighted by atomic mass is 10.2. The fourth-order valence-electron chi connectivity index (χ4n) is 2.84. The fraction of sp³-hybridized carbons (Fsp3) is 0.533. The van der Waals surface area contributed by atoms with Crippen molar-refractivity contribution in [3.05, 3.63) is 29.8 Å². The molecule has 0 aromatic heterocycles. The average molecular weight is 346 g/mol. The minimum atomic E-state index is -3.43. The van der Waals surface area contributed by atoms with Gasteiger partial charge in [0.25, 0.3) is 0 Å². The molecule has 1 saturated carbocycles. The number of carbonyl (C=O) groups is 1. The van der Waals surface area contributed by atoms with Gasteiger partial charge in [-0.3, -0.25) is 4.79 Å². The Labute approximate surface area is 134 Å². The van der Waals surface area contributed by atoms with Gasteiger partial charge in [-0.2, -0.15) is 4.31 Å². The molecule has 5 nitrogen and oxygen atoms in total. The number of nitrogens with zero attached hydrogens (tertiary/aromatic N) is 1. The quantitative estimate of drug-likeness (QED) is 0.861. The monoisotopic (exact) mass is 346 g/mol. The number of carbonyl (C=O) groups excluding carboxylic acids is 1. The summed E-state index contributed by atoms with van der Waals surface area (Å²) in [4.78, 5) is 11.9. The molecule has 0 saturated heterocycles. The molecule has 0 radical (unpaired) electrons. The maximum absolute atomic E-state index is 13.5. The first-order chi connectivity index (χ1) is 10.8. The molecular formula is C15H20F2N2O3S. The Kier molecular flexibility index (Phi) is 5.69. The van der Waals surface area contributed by atoms with Crippen molar-refractivity contribution in [1.29, 1.82) is 0 Å². The summed E-state index contributed by atoms with van der Waals surface area (Å²) in [6, 6.07) is 3.19. The number of benzene rings is 1. The number of hydrogen-bond acceptors (Lipinski definition) is 3. The van der Waals surface area contributed by atoms with Crippen LogP contribution in [0.3, 0.4) is 0 Å². The van der Waals surface area contributed by atoms with Crippen molar-refractivity contribution >= 4 is 21.6 Å². The first-order valence-electron chi connectivity index (χ1n) is 7.49. The van der Waals surface area contributed by atoms with Crippen LogP contribution in [0, 0.1) is 11.6 Å². The van der Waals surface area contributed by atoms with E-state index < -0.39 is 33.3 Å². The number of nitrogens with one attached hydrogen (secondary N) is 1. The summed E-state index contributed by atoms with van der Waals surface area (Å²) in [5.74, 6) is -2.36. The number of para-hydroxylation sites is 1. The minimum Gasteiger partial charge on any atom is -0.321 e. The van der Waals surface area contributed by atoms with Gasteiger partial charge in [0.05, 0.1) is 6.26 Å². The molecule has 8 heteroatoms. The summed E-state index contributed by atoms with van der Waals surface area (Å²) in [7, 11) is -3.43. The van der Waals surface area contributed by atoms with Gasteiger partial charge in [0.1, 0.15) is 17.3 Å². The molecule has 0 unspecified atom stereocenters. The molecule has 128 valence electrons. The molecule has 1 aromatic rings. The molecule has 1 aliphatic rings. The minimum absolute atomic E-state index is 0.00536. The third kappa shape index (κ3) is 4.71. The largest absolute Gasteiger partial charge is 0.321 e. The van der Waals surface area contributed by atoms with Gasteiger partial charge in [0.2, 0.25) is 15.9 Å². The highest BCUT2D eigenvalue weighted by atomic mass is 32.2. The summed E-state index contributed by atoms with van der Waals surface area (Å²) in [6.45, 7) is 0.00536. The van der Waals surface area contributed by atoms with E-state index in [2.05, 4.69) is 5.32 Å². The molecule has 0 aliphatic heterocycles.